The molecule has 2 aromatic heterocycles. The number of pyridine rings is 1. The van der Waals surface area contributed by atoms with Gasteiger partial charge in [0.1, 0.15) is 6.61 Å². The molecule has 1 aliphatic heterocycles. The lowest BCUT2D eigenvalue weighted by atomic mass is 10.0. The van der Waals surface area contributed by atoms with Crippen LogP contribution in [0.4, 0.5) is 0 Å². The van der Waals surface area contributed by atoms with E-state index in [4.69, 9.17) is 4.74 Å². The summed E-state index contributed by atoms with van der Waals surface area (Å²) in [6.45, 7) is 9.31. The Morgan fingerprint density at radius 2 is 2.19 bits per heavy atom. The second-order valence-electron chi connectivity index (χ2n) is 8.02. The zero-order chi connectivity index (χ0) is 22.5. The Bertz CT molecular complexity index is 1250. The lowest BCUT2D eigenvalue weighted by Crippen LogP contribution is -2.29. The summed E-state index contributed by atoms with van der Waals surface area (Å²) in [5, 5.41) is 12.3. The van der Waals surface area contributed by atoms with E-state index in [1.165, 1.54) is 0 Å². The lowest BCUT2D eigenvalue weighted by Gasteiger charge is -2.11. The normalized spacial score (nSPS) is 17.0. The molecule has 1 fully saturated rings. The van der Waals surface area contributed by atoms with Crippen LogP contribution in [0.25, 0.3) is 35.2 Å². The molecule has 1 aliphatic rings. The van der Waals surface area contributed by atoms with E-state index in [1.807, 2.05) is 56.3 Å². The molecule has 0 unspecified atom stereocenters. The number of allylic oxidation sites excluding steroid dienone is 1. The van der Waals surface area contributed by atoms with E-state index in [9.17, 15) is 4.79 Å². The highest BCUT2D eigenvalue weighted by Gasteiger charge is 2.17. The molecule has 32 heavy (non-hydrogen) atoms. The smallest absolute Gasteiger partial charge is 0.337 e. The molecular formula is C26H28N4O2. The number of ether oxygens (including phenoxy) is 1. The summed E-state index contributed by atoms with van der Waals surface area (Å²) in [7, 11) is 0. The average molecular weight is 429 g/mol. The summed E-state index contributed by atoms with van der Waals surface area (Å²) in [4.78, 5) is 17.3. The van der Waals surface area contributed by atoms with Crippen molar-refractivity contribution in [3.05, 3.63) is 70.4 Å². The summed E-state index contributed by atoms with van der Waals surface area (Å²) < 4.78 is 5.54. The van der Waals surface area contributed by atoms with E-state index in [0.29, 0.717) is 12.2 Å². The summed E-state index contributed by atoms with van der Waals surface area (Å²) in [6.07, 6.45) is 7.56. The lowest BCUT2D eigenvalue weighted by molar-refractivity contribution is -0.139. The first-order valence-corrected chi connectivity index (χ1v) is 10.9. The summed E-state index contributed by atoms with van der Waals surface area (Å²) >= 11 is 0. The van der Waals surface area contributed by atoms with Crippen LogP contribution in [0, 0.1) is 6.92 Å². The molecule has 3 heterocycles. The molecule has 0 saturated carbocycles. The second-order valence-corrected chi connectivity index (χ2v) is 8.02. The zero-order valence-electron chi connectivity index (χ0n) is 18.5. The van der Waals surface area contributed by atoms with Gasteiger partial charge in [0.2, 0.25) is 0 Å². The van der Waals surface area contributed by atoms with Crippen LogP contribution < -0.4 is 15.8 Å². The van der Waals surface area contributed by atoms with Gasteiger partial charge in [0.15, 0.2) is 0 Å². The third-order valence-electron chi connectivity index (χ3n) is 5.68. The van der Waals surface area contributed by atoms with Gasteiger partial charge in [0.25, 0.3) is 0 Å². The van der Waals surface area contributed by atoms with Crippen molar-refractivity contribution in [1.82, 2.24) is 20.5 Å². The monoisotopic (exact) mass is 428 g/mol. The molecule has 0 spiro atoms. The minimum Gasteiger partial charge on any atom is -0.460 e. The predicted octanol–water partition coefficient (Wildman–Crippen LogP) is 2.88. The number of nitrogens with one attached hydrogen (secondary N) is 2. The zero-order valence-corrected chi connectivity index (χ0v) is 18.5. The van der Waals surface area contributed by atoms with Gasteiger partial charge in [-0.25, -0.2) is 4.79 Å². The first-order valence-electron chi connectivity index (χ1n) is 10.9. The van der Waals surface area contributed by atoms with Crippen LogP contribution in [0.3, 0.4) is 0 Å². The molecule has 1 saturated heterocycles. The SMILES string of the molecule is C=c1ccc(-c2cn[nH]c2-c2cccc(C)n2)c/c1=C/C(=C\C)C(=O)OC[C@H]1CCCN1. The van der Waals surface area contributed by atoms with Crippen LogP contribution in [0.2, 0.25) is 0 Å². The van der Waals surface area contributed by atoms with E-state index < -0.39 is 0 Å². The number of hydrogen-bond donors (Lipinski definition) is 2. The molecule has 0 aliphatic carbocycles. The largest absolute Gasteiger partial charge is 0.460 e. The standard InChI is InChI=1S/C26H28N4O2/c1-4-19(26(31)32-16-22-8-6-12-27-22)13-21-14-20(11-10-17(21)2)23-15-28-30-25(23)24-9-5-7-18(3)29-24/h4-5,7,9-11,13-15,22,27H,2,6,8,12,16H2,1,3H3,(H,28,30)/b19-4+,21-13-/t22-/m1/s1. The molecule has 4 rings (SSSR count). The maximum Gasteiger partial charge on any atom is 0.337 e. The maximum atomic E-state index is 12.6. The molecule has 164 valence electrons. The number of benzene rings is 1. The Hall–Kier alpha value is -3.51. The number of carbonyl (C=O) groups is 1. The maximum absolute atomic E-state index is 12.6. The molecule has 6 heteroatoms. The van der Waals surface area contributed by atoms with Crippen LogP contribution >= 0.6 is 0 Å². The van der Waals surface area contributed by atoms with Gasteiger partial charge in [-0.1, -0.05) is 30.9 Å². The highest BCUT2D eigenvalue weighted by Crippen LogP contribution is 2.28. The minimum absolute atomic E-state index is 0.249. The number of hydrogen-bond acceptors (Lipinski definition) is 5. The number of aryl methyl sites for hydroxylation is 1. The number of nitrogens with zero attached hydrogens (tertiary/aromatic N) is 2. The fourth-order valence-corrected chi connectivity index (χ4v) is 3.87. The van der Waals surface area contributed by atoms with Crippen LogP contribution in [0.5, 0.6) is 0 Å². The van der Waals surface area contributed by atoms with Gasteiger partial charge < -0.3 is 10.1 Å². The highest BCUT2D eigenvalue weighted by molar-refractivity contribution is 5.97. The Morgan fingerprint density at radius 1 is 1.31 bits per heavy atom. The predicted molar refractivity (Wildman–Crippen MR) is 127 cm³/mol. The summed E-state index contributed by atoms with van der Waals surface area (Å²) in [6, 6.07) is 12.1. The molecular weight excluding hydrogens is 400 g/mol. The Labute approximate surface area is 187 Å². The van der Waals surface area contributed by atoms with Crippen molar-refractivity contribution < 1.29 is 9.53 Å². The van der Waals surface area contributed by atoms with E-state index in [-0.39, 0.29) is 12.0 Å². The molecule has 2 N–H and O–H groups in total. The summed E-state index contributed by atoms with van der Waals surface area (Å²) in [5.41, 5.74) is 5.04. The van der Waals surface area contributed by atoms with E-state index in [1.54, 1.807) is 12.3 Å². The van der Waals surface area contributed by atoms with E-state index in [2.05, 4.69) is 27.1 Å². The highest BCUT2D eigenvalue weighted by atomic mass is 16.5. The van der Waals surface area contributed by atoms with E-state index in [0.717, 1.165) is 58.0 Å². The van der Waals surface area contributed by atoms with Crippen LogP contribution in [0.15, 0.2) is 54.2 Å². The second kappa shape index (κ2) is 9.75. The van der Waals surface area contributed by atoms with E-state index >= 15 is 0 Å². The van der Waals surface area contributed by atoms with Crippen LogP contribution in [-0.4, -0.2) is 40.3 Å². The summed E-state index contributed by atoms with van der Waals surface area (Å²) in [5.74, 6) is -0.320. The third-order valence-corrected chi connectivity index (χ3v) is 5.68. The molecule has 1 atom stereocenters. The van der Waals surface area contributed by atoms with Gasteiger partial charge in [0, 0.05) is 17.3 Å². The Balaban J connectivity index is 1.63. The quantitative estimate of drug-likeness (QED) is 0.466. The molecule has 1 aromatic carbocycles. The Kier molecular flexibility index (Phi) is 6.61. The molecule has 3 aromatic rings. The molecule has 0 radical (unpaired) electrons. The first-order chi connectivity index (χ1) is 15.5. The van der Waals surface area contributed by atoms with Crippen molar-refractivity contribution in [2.75, 3.05) is 13.2 Å². The van der Waals surface area contributed by atoms with Crippen molar-refractivity contribution in [2.24, 2.45) is 0 Å². The molecule has 0 bridgehead atoms. The topological polar surface area (TPSA) is 79.9 Å². The number of H-pyrrole nitrogens is 1. The van der Waals surface area contributed by atoms with Crippen molar-refractivity contribution in [3.8, 4) is 22.5 Å². The van der Waals surface area contributed by atoms with Crippen LogP contribution in [0.1, 0.15) is 25.5 Å². The minimum atomic E-state index is -0.320. The van der Waals surface area contributed by atoms with Gasteiger partial charge in [-0.15, -0.1) is 0 Å². The fourth-order valence-electron chi connectivity index (χ4n) is 3.87. The number of aromatic amines is 1. The average Bonchev–Trinajstić information content (AvgIpc) is 3.49. The fraction of sp³-hybridized carbons (Fsp3) is 0.269. The van der Waals surface area contributed by atoms with Gasteiger partial charge in [0.05, 0.1) is 23.2 Å². The molecule has 6 nitrogen and oxygen atoms in total. The van der Waals surface area contributed by atoms with Crippen molar-refractivity contribution in [3.63, 3.8) is 0 Å². The number of carbonyl (C=O) groups excluding carboxylic acids is 1. The Morgan fingerprint density at radius 3 is 2.94 bits per heavy atom. The number of rotatable bonds is 6. The number of aromatic nitrogens is 3. The third kappa shape index (κ3) is 4.86. The van der Waals surface area contributed by atoms with Crippen molar-refractivity contribution >= 4 is 18.6 Å². The first kappa shape index (κ1) is 21.7. The van der Waals surface area contributed by atoms with Crippen LogP contribution in [-0.2, 0) is 9.53 Å². The van der Waals surface area contributed by atoms with Gasteiger partial charge in [-0.05, 0) is 73.5 Å². The van der Waals surface area contributed by atoms with Gasteiger partial charge in [-0.3, -0.25) is 10.1 Å². The van der Waals surface area contributed by atoms with Gasteiger partial charge in [-0.2, -0.15) is 5.10 Å². The molecule has 0 amide bonds. The van der Waals surface area contributed by atoms with Crippen molar-refractivity contribution in [2.45, 2.75) is 32.7 Å². The van der Waals surface area contributed by atoms with Crippen molar-refractivity contribution in [1.29, 1.82) is 0 Å². The number of esters is 1. The van der Waals surface area contributed by atoms with Gasteiger partial charge >= 0.3 is 5.97 Å².